The van der Waals surface area contributed by atoms with E-state index >= 15 is 0 Å². The molecule has 0 unspecified atom stereocenters. The average Bonchev–Trinajstić information content (AvgIpc) is 1.78. The van der Waals surface area contributed by atoms with E-state index < -0.39 is 5.69 Å². The van der Waals surface area contributed by atoms with E-state index in [2.05, 4.69) is 18.7 Å². The third kappa shape index (κ3) is 8.92. The Morgan fingerprint density at radius 1 is 1.40 bits per heavy atom. The molecule has 0 amide bonds. The largest absolute Gasteiger partial charge is 0.338 e. The molecule has 0 atom stereocenters. The summed E-state index contributed by atoms with van der Waals surface area (Å²) >= 11 is 5.53. The Morgan fingerprint density at radius 3 is 2.40 bits per heavy atom. The summed E-state index contributed by atoms with van der Waals surface area (Å²) < 4.78 is 0. The molecule has 0 aromatic rings. The van der Waals surface area contributed by atoms with Crippen molar-refractivity contribution in [1.82, 2.24) is 0 Å². The fraction of sp³-hybridized carbons (Fsp3) is 1.00. The van der Waals surface area contributed by atoms with Crippen molar-refractivity contribution in [3.8, 4) is 0 Å². The van der Waals surface area contributed by atoms with E-state index in [0.717, 1.165) is 36.4 Å². The zero-order chi connectivity index (χ0) is 8.04. The Kier molecular flexibility index (Phi) is 6.07. The van der Waals surface area contributed by atoms with Gasteiger partial charge in [-0.15, -0.1) is 0 Å². The van der Waals surface area contributed by atoms with Crippen LogP contribution in [0.3, 0.4) is 0 Å². The van der Waals surface area contributed by atoms with Gasteiger partial charge in [0, 0.05) is 5.75 Å². The Labute approximate surface area is 71.0 Å². The van der Waals surface area contributed by atoms with Crippen LogP contribution in [0.5, 0.6) is 0 Å². The molecule has 0 aliphatic heterocycles. The number of rotatable bonds is 5. The van der Waals surface area contributed by atoms with Crippen molar-refractivity contribution in [2.75, 3.05) is 5.75 Å². The summed E-state index contributed by atoms with van der Waals surface area (Å²) in [7, 11) is 0. The predicted octanol–water partition coefficient (Wildman–Crippen LogP) is 2.12. The lowest BCUT2D eigenvalue weighted by Gasteiger charge is -2.04. The molecular weight excluding hydrogens is 187 g/mol. The summed E-state index contributed by atoms with van der Waals surface area (Å²) in [6.45, 7) is 2.11. The lowest BCUT2D eigenvalue weighted by Crippen LogP contribution is -1.78. The quantitative estimate of drug-likeness (QED) is 0.527. The van der Waals surface area contributed by atoms with Crippen LogP contribution >= 0.6 is 17.1 Å². The summed E-state index contributed by atoms with van der Waals surface area (Å²) in [6.07, 6.45) is 3.32. The van der Waals surface area contributed by atoms with Crippen molar-refractivity contribution >= 4 is 28.9 Å². The topological polar surface area (TPSA) is 40.5 Å². The number of hydrogen-bond donors (Lipinski definition) is 2. The van der Waals surface area contributed by atoms with E-state index in [4.69, 9.17) is 9.79 Å². The summed E-state index contributed by atoms with van der Waals surface area (Å²) in [5, 5.41) is 0. The first-order valence-electron chi connectivity index (χ1n) is 3.26. The molecule has 0 radical (unpaired) electrons. The highest BCUT2D eigenvalue weighted by Crippen LogP contribution is 2.50. The zero-order valence-corrected chi connectivity index (χ0v) is 8.51. The molecule has 0 aromatic carbocycles. The van der Waals surface area contributed by atoms with Gasteiger partial charge < -0.3 is 9.79 Å². The van der Waals surface area contributed by atoms with Crippen molar-refractivity contribution in [3.05, 3.63) is 0 Å². The molecule has 2 nitrogen and oxygen atoms in total. The van der Waals surface area contributed by atoms with Crippen LogP contribution in [0, 0.1) is 0 Å². The maximum Gasteiger partial charge on any atom is 0.242 e. The van der Waals surface area contributed by atoms with Crippen molar-refractivity contribution in [3.63, 3.8) is 0 Å². The molecule has 0 aliphatic rings. The smallest absolute Gasteiger partial charge is 0.242 e. The van der Waals surface area contributed by atoms with Crippen molar-refractivity contribution in [2.45, 2.75) is 26.2 Å². The first kappa shape index (κ1) is 10.9. The average molecular weight is 200 g/mol. The van der Waals surface area contributed by atoms with Crippen LogP contribution in [-0.4, -0.2) is 15.5 Å². The normalized spacial score (nSPS) is 11.9. The molecule has 0 aromatic heterocycles. The standard InChI is InChI=1S/C5H13O2PS2/c1-2-3-4-5-10-8(6,7)9/h2-5H2,1H3,(H2,6,7,9). The summed E-state index contributed by atoms with van der Waals surface area (Å²) in [5.74, 6) is 0.776. The molecule has 5 heteroatoms. The third-order valence-corrected chi connectivity index (χ3v) is 4.32. The first-order chi connectivity index (χ1) is 4.56. The molecule has 10 heavy (non-hydrogen) atoms. The molecule has 0 aliphatic carbocycles. The van der Waals surface area contributed by atoms with E-state index in [9.17, 15) is 0 Å². The third-order valence-electron chi connectivity index (χ3n) is 1.01. The maximum absolute atomic E-state index is 8.76. The van der Waals surface area contributed by atoms with Gasteiger partial charge in [-0.3, -0.25) is 0 Å². The monoisotopic (exact) mass is 200 g/mol. The van der Waals surface area contributed by atoms with Gasteiger partial charge in [-0.05, 0) is 18.2 Å². The highest BCUT2D eigenvalue weighted by molar-refractivity contribution is 8.67. The maximum atomic E-state index is 8.76. The van der Waals surface area contributed by atoms with Crippen LogP contribution in [-0.2, 0) is 11.8 Å². The van der Waals surface area contributed by atoms with E-state index in [1.165, 1.54) is 0 Å². The Hall–Kier alpha value is 0.920. The van der Waals surface area contributed by atoms with E-state index in [1.807, 2.05) is 0 Å². The minimum atomic E-state index is -2.96. The van der Waals surface area contributed by atoms with Crippen LogP contribution in [0.4, 0.5) is 0 Å². The summed E-state index contributed by atoms with van der Waals surface area (Å²) in [4.78, 5) is 17.5. The second kappa shape index (κ2) is 5.56. The van der Waals surface area contributed by atoms with Crippen molar-refractivity contribution in [2.24, 2.45) is 0 Å². The van der Waals surface area contributed by atoms with Crippen LogP contribution in [0.25, 0.3) is 0 Å². The number of hydrogen-bond acceptors (Lipinski definition) is 2. The SMILES string of the molecule is CCCCCSP(O)(O)=S. The molecule has 0 saturated carbocycles. The van der Waals surface area contributed by atoms with Crippen molar-refractivity contribution in [1.29, 1.82) is 0 Å². The second-order valence-corrected chi connectivity index (χ2v) is 8.20. The molecule has 2 N–H and O–H groups in total. The summed E-state index contributed by atoms with van der Waals surface area (Å²) in [6, 6.07) is 0. The highest BCUT2D eigenvalue weighted by Gasteiger charge is 2.05. The Balaban J connectivity index is 3.13. The lowest BCUT2D eigenvalue weighted by atomic mass is 10.3. The van der Waals surface area contributed by atoms with Crippen LogP contribution in [0.15, 0.2) is 0 Å². The fourth-order valence-electron chi connectivity index (χ4n) is 0.536. The molecule has 0 saturated heterocycles. The molecule has 62 valence electrons. The zero-order valence-electron chi connectivity index (χ0n) is 5.99. The molecule has 0 bridgehead atoms. The van der Waals surface area contributed by atoms with Crippen LogP contribution in [0.2, 0.25) is 0 Å². The van der Waals surface area contributed by atoms with Gasteiger partial charge in [-0.1, -0.05) is 31.1 Å². The molecular formula is C5H13O2PS2. The van der Waals surface area contributed by atoms with Gasteiger partial charge in [0.05, 0.1) is 0 Å². The van der Waals surface area contributed by atoms with Gasteiger partial charge in [-0.2, -0.15) is 0 Å². The van der Waals surface area contributed by atoms with E-state index in [0.29, 0.717) is 0 Å². The highest BCUT2D eigenvalue weighted by atomic mass is 32.9. The van der Waals surface area contributed by atoms with Gasteiger partial charge in [0.15, 0.2) is 0 Å². The van der Waals surface area contributed by atoms with Gasteiger partial charge in [-0.25, -0.2) is 0 Å². The predicted molar refractivity (Wildman–Crippen MR) is 50.7 cm³/mol. The number of unbranched alkanes of at least 4 members (excludes halogenated alkanes) is 2. The molecule has 0 spiro atoms. The van der Waals surface area contributed by atoms with E-state index in [1.54, 1.807) is 0 Å². The lowest BCUT2D eigenvalue weighted by molar-refractivity contribution is 0.502. The van der Waals surface area contributed by atoms with Crippen LogP contribution < -0.4 is 0 Å². The van der Waals surface area contributed by atoms with Gasteiger partial charge in [0.2, 0.25) is 5.69 Å². The Bertz CT molecular complexity index is 123. The molecule has 0 rings (SSSR count). The van der Waals surface area contributed by atoms with Gasteiger partial charge in [0.1, 0.15) is 0 Å². The fourth-order valence-corrected chi connectivity index (χ4v) is 2.88. The van der Waals surface area contributed by atoms with Crippen LogP contribution in [0.1, 0.15) is 26.2 Å². The Morgan fingerprint density at radius 2 is 2.00 bits per heavy atom. The molecule has 0 fully saturated rings. The van der Waals surface area contributed by atoms with Gasteiger partial charge in [0.25, 0.3) is 0 Å². The minimum Gasteiger partial charge on any atom is -0.338 e. The first-order valence-corrected chi connectivity index (χ1v) is 7.56. The van der Waals surface area contributed by atoms with E-state index in [-0.39, 0.29) is 0 Å². The summed E-state index contributed by atoms with van der Waals surface area (Å²) in [5.41, 5.74) is -2.96. The van der Waals surface area contributed by atoms with Crippen molar-refractivity contribution < 1.29 is 9.79 Å². The molecule has 0 heterocycles. The minimum absolute atomic E-state index is 0.776. The van der Waals surface area contributed by atoms with Gasteiger partial charge >= 0.3 is 0 Å². The second-order valence-electron chi connectivity index (χ2n) is 2.03.